The van der Waals surface area contributed by atoms with Gasteiger partial charge < -0.3 is 19.6 Å². The number of amides is 5. The maximum atomic E-state index is 13.7. The van der Waals surface area contributed by atoms with Crippen LogP contribution in [0.25, 0.3) is 0 Å². The SMILES string of the molecule is N#Cc1ccc(N2CCC3(CCN(C(=O)c4ccc(C#CC5CCN(C6CCN(c7cccc8c7C(=O)N(C7CCC(=O)NC7=O)C8=O)CC6)CC5)cc4)CC3)C2)cc1Cl. The van der Waals surface area contributed by atoms with Crippen LogP contribution in [0.15, 0.2) is 60.7 Å². The fraction of sp³-hybridized carbons (Fsp3) is 0.447. The Hall–Kier alpha value is -5.69. The van der Waals surface area contributed by atoms with Crippen LogP contribution in [0.3, 0.4) is 0 Å². The Balaban J connectivity index is 0.729. The second-order valence-corrected chi connectivity index (χ2v) is 17.7. The van der Waals surface area contributed by atoms with E-state index in [0.29, 0.717) is 39.2 Å². The highest BCUT2D eigenvalue weighted by Crippen LogP contribution is 2.43. The van der Waals surface area contributed by atoms with Gasteiger partial charge in [-0.2, -0.15) is 5.26 Å². The topological polar surface area (TPSA) is 137 Å². The summed E-state index contributed by atoms with van der Waals surface area (Å²) in [5.74, 6) is 5.33. The van der Waals surface area contributed by atoms with Gasteiger partial charge in [0.05, 0.1) is 27.4 Å². The van der Waals surface area contributed by atoms with Gasteiger partial charge in [-0.1, -0.05) is 29.5 Å². The molecule has 0 saturated carbocycles. The minimum Gasteiger partial charge on any atom is -0.371 e. The molecule has 12 nitrogen and oxygen atoms in total. The molecule has 308 valence electrons. The first-order valence-corrected chi connectivity index (χ1v) is 21.7. The van der Waals surface area contributed by atoms with Crippen molar-refractivity contribution in [3.63, 3.8) is 0 Å². The van der Waals surface area contributed by atoms with E-state index in [2.05, 4.69) is 37.9 Å². The van der Waals surface area contributed by atoms with E-state index in [0.717, 1.165) is 119 Å². The highest BCUT2D eigenvalue weighted by Gasteiger charge is 2.46. The normalized spacial score (nSPS) is 22.4. The Labute approximate surface area is 355 Å². The molecule has 3 aromatic rings. The van der Waals surface area contributed by atoms with Crippen LogP contribution in [0.4, 0.5) is 11.4 Å². The number of halogens is 1. The van der Waals surface area contributed by atoms with Gasteiger partial charge in [-0.3, -0.25) is 34.2 Å². The van der Waals surface area contributed by atoms with Crippen molar-refractivity contribution in [1.29, 1.82) is 5.26 Å². The fourth-order valence-corrected chi connectivity index (χ4v) is 10.5. The summed E-state index contributed by atoms with van der Waals surface area (Å²) in [6, 6.07) is 20.3. The van der Waals surface area contributed by atoms with Crippen molar-refractivity contribution < 1.29 is 24.0 Å². The Morgan fingerprint density at radius 2 is 1.53 bits per heavy atom. The molecule has 6 heterocycles. The van der Waals surface area contributed by atoms with E-state index in [1.807, 2.05) is 47.4 Å². The number of benzene rings is 3. The van der Waals surface area contributed by atoms with Gasteiger partial charge in [0, 0.05) is 74.5 Å². The molecule has 5 fully saturated rings. The summed E-state index contributed by atoms with van der Waals surface area (Å²) in [7, 11) is 0. The van der Waals surface area contributed by atoms with E-state index in [1.165, 1.54) is 0 Å². The van der Waals surface area contributed by atoms with Gasteiger partial charge in [-0.15, -0.1) is 0 Å². The summed E-state index contributed by atoms with van der Waals surface area (Å²) in [5, 5.41) is 12.0. The lowest BCUT2D eigenvalue weighted by atomic mass is 9.77. The molecule has 0 bridgehead atoms. The number of imide groups is 2. The number of nitrogens with zero attached hydrogens (tertiary/aromatic N) is 6. The van der Waals surface area contributed by atoms with Crippen molar-refractivity contribution >= 4 is 52.5 Å². The average molecular weight is 826 g/mol. The van der Waals surface area contributed by atoms with Crippen molar-refractivity contribution in [2.24, 2.45) is 11.3 Å². The largest absolute Gasteiger partial charge is 0.371 e. The molecule has 6 aliphatic heterocycles. The summed E-state index contributed by atoms with van der Waals surface area (Å²) in [6.45, 7) is 6.83. The Kier molecular flexibility index (Phi) is 10.9. The van der Waals surface area contributed by atoms with E-state index in [1.54, 1.807) is 18.2 Å². The molecule has 13 heteroatoms. The van der Waals surface area contributed by atoms with Gasteiger partial charge in [0.1, 0.15) is 12.1 Å². The van der Waals surface area contributed by atoms with Gasteiger partial charge in [-0.25, -0.2) is 0 Å². The maximum Gasteiger partial charge on any atom is 0.264 e. The number of anilines is 2. The van der Waals surface area contributed by atoms with Crippen LogP contribution in [0.2, 0.25) is 5.02 Å². The first kappa shape index (κ1) is 39.8. The van der Waals surface area contributed by atoms with E-state index < -0.39 is 23.8 Å². The molecule has 6 aliphatic rings. The van der Waals surface area contributed by atoms with Gasteiger partial charge in [-0.05, 0) is 124 Å². The number of rotatable bonds is 5. The molecule has 1 unspecified atom stereocenters. The second-order valence-electron chi connectivity index (χ2n) is 17.3. The highest BCUT2D eigenvalue weighted by molar-refractivity contribution is 6.32. The Morgan fingerprint density at radius 1 is 0.800 bits per heavy atom. The van der Waals surface area contributed by atoms with Gasteiger partial charge in [0.15, 0.2) is 0 Å². The lowest BCUT2D eigenvalue weighted by Crippen LogP contribution is -2.54. The minimum atomic E-state index is -0.980. The molecule has 0 radical (unpaired) electrons. The van der Waals surface area contributed by atoms with Crippen LogP contribution in [-0.2, 0) is 9.59 Å². The second kappa shape index (κ2) is 16.4. The molecule has 1 N–H and O–H groups in total. The smallest absolute Gasteiger partial charge is 0.264 e. The number of hydrogen-bond acceptors (Lipinski definition) is 9. The summed E-state index contributed by atoms with van der Waals surface area (Å²) in [4.78, 5) is 74.9. The van der Waals surface area contributed by atoms with Crippen molar-refractivity contribution in [1.82, 2.24) is 20.0 Å². The predicted octanol–water partition coefficient (Wildman–Crippen LogP) is 5.48. The van der Waals surface area contributed by atoms with Crippen molar-refractivity contribution in [3.05, 3.63) is 93.5 Å². The molecule has 5 amide bonds. The van der Waals surface area contributed by atoms with E-state index in [4.69, 9.17) is 11.6 Å². The van der Waals surface area contributed by atoms with E-state index >= 15 is 0 Å². The third-order valence-electron chi connectivity index (χ3n) is 13.8. The summed E-state index contributed by atoms with van der Waals surface area (Å²) in [6.07, 6.45) is 7.13. The number of nitriles is 1. The number of piperidine rings is 4. The van der Waals surface area contributed by atoms with Crippen LogP contribution in [0.1, 0.15) is 100.0 Å². The zero-order valence-electron chi connectivity index (χ0n) is 33.6. The standard InChI is InChI=1S/C47H48ClN7O5/c48-38-28-36(11-10-34(38)29-49)54-27-20-47(30-54)18-25-53(26-19-47)44(58)33-8-6-31(7-9-33)4-5-32-14-21-51(22-15-32)35-16-23-52(24-17-35)39-3-1-2-37-42(39)46(60)55(45(37)59)40-12-13-41(56)50-43(40)57/h1-3,6-11,28,32,35,40H,12-27,30H2,(H,50,56,57). The quantitative estimate of drug-likeness (QED) is 0.262. The highest BCUT2D eigenvalue weighted by atomic mass is 35.5. The van der Waals surface area contributed by atoms with Crippen molar-refractivity contribution in [3.8, 4) is 17.9 Å². The number of likely N-dealkylation sites (tertiary alicyclic amines) is 2. The fourth-order valence-electron chi connectivity index (χ4n) is 10.2. The number of carbonyl (C=O) groups excluding carboxylic acids is 5. The first-order valence-electron chi connectivity index (χ1n) is 21.3. The Bertz CT molecular complexity index is 2340. The Morgan fingerprint density at radius 3 is 2.23 bits per heavy atom. The molecule has 0 aromatic heterocycles. The molecular formula is C47H48ClN7O5. The van der Waals surface area contributed by atoms with Gasteiger partial charge in [0.2, 0.25) is 11.8 Å². The first-order chi connectivity index (χ1) is 29.1. The molecule has 9 rings (SSSR count). The average Bonchev–Trinajstić information content (AvgIpc) is 3.80. The molecule has 1 spiro atoms. The lowest BCUT2D eigenvalue weighted by molar-refractivity contribution is -0.136. The van der Waals surface area contributed by atoms with Gasteiger partial charge >= 0.3 is 0 Å². The van der Waals surface area contributed by atoms with Crippen LogP contribution >= 0.6 is 11.6 Å². The lowest BCUT2D eigenvalue weighted by Gasteiger charge is -2.42. The maximum absolute atomic E-state index is 13.7. The van der Waals surface area contributed by atoms with Crippen molar-refractivity contribution in [2.75, 3.05) is 62.2 Å². The number of nitrogens with one attached hydrogen (secondary N) is 1. The van der Waals surface area contributed by atoms with Crippen LogP contribution in [0.5, 0.6) is 0 Å². The predicted molar refractivity (Wildman–Crippen MR) is 227 cm³/mol. The summed E-state index contributed by atoms with van der Waals surface area (Å²) in [5.41, 5.74) is 4.74. The summed E-state index contributed by atoms with van der Waals surface area (Å²) < 4.78 is 0. The number of hydrogen-bond donors (Lipinski definition) is 1. The van der Waals surface area contributed by atoms with E-state index in [9.17, 15) is 29.2 Å². The van der Waals surface area contributed by atoms with E-state index in [-0.39, 0.29) is 30.1 Å². The van der Waals surface area contributed by atoms with Crippen LogP contribution in [-0.4, -0.2) is 109 Å². The molecule has 1 atom stereocenters. The minimum absolute atomic E-state index is 0.0731. The molecule has 3 aromatic carbocycles. The monoisotopic (exact) mass is 825 g/mol. The zero-order valence-corrected chi connectivity index (χ0v) is 34.4. The third-order valence-corrected chi connectivity index (χ3v) is 14.2. The number of fused-ring (bicyclic) bond motifs is 1. The molecule has 60 heavy (non-hydrogen) atoms. The van der Waals surface area contributed by atoms with Crippen molar-refractivity contribution in [2.45, 2.75) is 69.9 Å². The van der Waals surface area contributed by atoms with Crippen LogP contribution < -0.4 is 15.1 Å². The summed E-state index contributed by atoms with van der Waals surface area (Å²) >= 11 is 6.32. The molecular weight excluding hydrogens is 778 g/mol. The van der Waals surface area contributed by atoms with Crippen LogP contribution in [0, 0.1) is 34.5 Å². The third kappa shape index (κ3) is 7.63. The molecule has 0 aliphatic carbocycles. The van der Waals surface area contributed by atoms with Gasteiger partial charge in [0.25, 0.3) is 17.7 Å². The zero-order chi connectivity index (χ0) is 41.5. The molecule has 5 saturated heterocycles. The number of carbonyl (C=O) groups is 5.